The highest BCUT2D eigenvalue weighted by molar-refractivity contribution is 7.99. The fourth-order valence-corrected chi connectivity index (χ4v) is 4.03. The van der Waals surface area contributed by atoms with E-state index in [2.05, 4.69) is 0 Å². The fourth-order valence-electron chi connectivity index (χ4n) is 2.58. The first-order chi connectivity index (χ1) is 10.2. The molecule has 1 amide bonds. The number of rotatable bonds is 2. The normalized spacial score (nSPS) is 18.0. The van der Waals surface area contributed by atoms with Gasteiger partial charge in [-0.2, -0.15) is 0 Å². The van der Waals surface area contributed by atoms with Gasteiger partial charge in [-0.25, -0.2) is 0 Å². The molecule has 2 aromatic rings. The predicted molar refractivity (Wildman–Crippen MR) is 88.9 cm³/mol. The van der Waals surface area contributed by atoms with E-state index in [9.17, 15) is 4.79 Å². The van der Waals surface area contributed by atoms with Gasteiger partial charge in [0.1, 0.15) is 5.37 Å². The Bertz CT molecular complexity index is 673. The topological polar surface area (TPSA) is 20.3 Å². The highest BCUT2D eigenvalue weighted by Crippen LogP contribution is 2.39. The van der Waals surface area contributed by atoms with Crippen LogP contribution in [0.4, 0.5) is 0 Å². The number of hydrogen-bond donors (Lipinski definition) is 0. The molecule has 0 spiro atoms. The molecule has 0 saturated carbocycles. The lowest BCUT2D eigenvalue weighted by molar-refractivity contribution is 0.0759. The van der Waals surface area contributed by atoms with Gasteiger partial charge in [0.15, 0.2) is 0 Å². The average Bonchev–Trinajstić information content (AvgIpc) is 2.96. The molecule has 0 radical (unpaired) electrons. The molecule has 1 saturated heterocycles. The van der Waals surface area contributed by atoms with Gasteiger partial charge >= 0.3 is 0 Å². The largest absolute Gasteiger partial charge is 0.322 e. The van der Waals surface area contributed by atoms with Crippen molar-refractivity contribution in [2.75, 3.05) is 12.3 Å². The van der Waals surface area contributed by atoms with Crippen molar-refractivity contribution in [3.8, 4) is 0 Å². The zero-order valence-corrected chi connectivity index (χ0v) is 13.3. The minimum Gasteiger partial charge on any atom is -0.322 e. The predicted octanol–water partition coefficient (Wildman–Crippen LogP) is 4.54. The van der Waals surface area contributed by atoms with Crippen molar-refractivity contribution in [1.82, 2.24) is 4.90 Å². The minimum absolute atomic E-state index is 0.0517. The number of amides is 1. The molecule has 21 heavy (non-hydrogen) atoms. The lowest BCUT2D eigenvalue weighted by Crippen LogP contribution is -2.30. The molecule has 3 rings (SSSR count). The Morgan fingerprint density at radius 2 is 2.05 bits per heavy atom. The van der Waals surface area contributed by atoms with Crippen molar-refractivity contribution in [2.45, 2.75) is 12.3 Å². The first-order valence-electron chi connectivity index (χ1n) is 6.90. The maximum Gasteiger partial charge on any atom is 0.255 e. The molecule has 1 aliphatic rings. The van der Waals surface area contributed by atoms with E-state index in [1.807, 2.05) is 60.4 Å². The van der Waals surface area contributed by atoms with Gasteiger partial charge in [-0.05, 0) is 36.2 Å². The third-order valence-electron chi connectivity index (χ3n) is 3.66. The molecule has 1 aliphatic heterocycles. The molecule has 0 unspecified atom stereocenters. The van der Waals surface area contributed by atoms with Crippen LogP contribution in [0, 0.1) is 6.92 Å². The molecule has 1 atom stereocenters. The Hall–Kier alpha value is -1.45. The molecule has 1 fully saturated rings. The van der Waals surface area contributed by atoms with Crippen LogP contribution < -0.4 is 0 Å². The number of thioether (sulfide) groups is 1. The summed E-state index contributed by atoms with van der Waals surface area (Å²) in [5.41, 5.74) is 2.89. The SMILES string of the molecule is Cc1ccccc1C(=O)N1CCS[C@H]1c1cccc(Cl)c1. The van der Waals surface area contributed by atoms with Crippen molar-refractivity contribution < 1.29 is 4.79 Å². The van der Waals surface area contributed by atoms with Gasteiger partial charge in [-0.15, -0.1) is 11.8 Å². The van der Waals surface area contributed by atoms with E-state index >= 15 is 0 Å². The van der Waals surface area contributed by atoms with Crippen LogP contribution in [0.5, 0.6) is 0 Å². The lowest BCUT2D eigenvalue weighted by Gasteiger charge is -2.25. The molecule has 2 aromatic carbocycles. The summed E-state index contributed by atoms with van der Waals surface area (Å²) in [5, 5.41) is 0.763. The van der Waals surface area contributed by atoms with Crippen LogP contribution in [0.15, 0.2) is 48.5 Å². The number of carbonyl (C=O) groups excluding carboxylic acids is 1. The van der Waals surface area contributed by atoms with Gasteiger partial charge in [0.2, 0.25) is 0 Å². The molecule has 4 heteroatoms. The van der Waals surface area contributed by atoms with Gasteiger partial charge in [0.05, 0.1) is 0 Å². The summed E-state index contributed by atoms with van der Waals surface area (Å²) >= 11 is 7.87. The monoisotopic (exact) mass is 317 g/mol. The smallest absolute Gasteiger partial charge is 0.255 e. The van der Waals surface area contributed by atoms with E-state index in [0.29, 0.717) is 5.02 Å². The summed E-state index contributed by atoms with van der Waals surface area (Å²) in [7, 11) is 0. The van der Waals surface area contributed by atoms with Crippen LogP contribution in [0.25, 0.3) is 0 Å². The van der Waals surface area contributed by atoms with E-state index in [1.54, 1.807) is 11.8 Å². The van der Waals surface area contributed by atoms with Crippen LogP contribution in [0.2, 0.25) is 5.02 Å². The third-order valence-corrected chi connectivity index (χ3v) is 5.16. The fraction of sp³-hybridized carbons (Fsp3) is 0.235. The van der Waals surface area contributed by atoms with Crippen LogP contribution in [0.1, 0.15) is 26.9 Å². The second-order valence-corrected chi connectivity index (χ2v) is 6.72. The number of aryl methyl sites for hydroxylation is 1. The first-order valence-corrected chi connectivity index (χ1v) is 8.33. The van der Waals surface area contributed by atoms with E-state index in [-0.39, 0.29) is 11.3 Å². The summed E-state index contributed by atoms with van der Waals surface area (Å²) in [6, 6.07) is 15.5. The molecular formula is C17H16ClNOS. The zero-order valence-electron chi connectivity index (χ0n) is 11.8. The first kappa shape index (κ1) is 14.5. The second kappa shape index (κ2) is 6.12. The summed E-state index contributed by atoms with van der Waals surface area (Å²) in [6.45, 7) is 2.75. The van der Waals surface area contributed by atoms with Gasteiger partial charge in [-0.3, -0.25) is 4.79 Å². The van der Waals surface area contributed by atoms with Crippen molar-refractivity contribution in [3.05, 3.63) is 70.2 Å². The second-order valence-electron chi connectivity index (χ2n) is 5.09. The standard InChI is InChI=1S/C17H16ClNOS/c1-12-5-2-3-8-15(12)16(20)19-9-10-21-17(19)13-6-4-7-14(18)11-13/h2-8,11,17H,9-10H2,1H3/t17-/m0/s1. The average molecular weight is 318 g/mol. The van der Waals surface area contributed by atoms with Gasteiger partial charge in [-0.1, -0.05) is 41.9 Å². The summed E-state index contributed by atoms with van der Waals surface area (Å²) in [5.74, 6) is 1.05. The molecule has 0 bridgehead atoms. The van der Waals surface area contributed by atoms with Crippen molar-refractivity contribution >= 4 is 29.3 Å². The summed E-state index contributed by atoms with van der Waals surface area (Å²) < 4.78 is 0. The van der Waals surface area contributed by atoms with Crippen molar-refractivity contribution in [1.29, 1.82) is 0 Å². The van der Waals surface area contributed by atoms with E-state index < -0.39 is 0 Å². The molecule has 0 N–H and O–H groups in total. The van der Waals surface area contributed by atoms with Crippen LogP contribution in [-0.2, 0) is 0 Å². The lowest BCUT2D eigenvalue weighted by atomic mass is 10.1. The van der Waals surface area contributed by atoms with Gasteiger partial charge in [0, 0.05) is 22.9 Å². The number of halogens is 1. The minimum atomic E-state index is 0.0517. The Morgan fingerprint density at radius 3 is 2.81 bits per heavy atom. The van der Waals surface area contributed by atoms with Crippen LogP contribution in [0.3, 0.4) is 0 Å². The number of carbonyl (C=O) groups is 1. The Kier molecular flexibility index (Phi) is 4.22. The van der Waals surface area contributed by atoms with Crippen molar-refractivity contribution in [3.63, 3.8) is 0 Å². The van der Waals surface area contributed by atoms with Gasteiger partial charge in [0.25, 0.3) is 5.91 Å². The van der Waals surface area contributed by atoms with Crippen molar-refractivity contribution in [2.24, 2.45) is 0 Å². The Balaban J connectivity index is 1.91. The maximum atomic E-state index is 12.8. The molecule has 2 nitrogen and oxygen atoms in total. The highest BCUT2D eigenvalue weighted by Gasteiger charge is 2.31. The van der Waals surface area contributed by atoms with E-state index in [1.165, 1.54) is 0 Å². The molecule has 1 heterocycles. The Labute approximate surface area is 134 Å². The van der Waals surface area contributed by atoms with E-state index in [0.717, 1.165) is 29.0 Å². The number of hydrogen-bond acceptors (Lipinski definition) is 2. The molecule has 0 aliphatic carbocycles. The molecular weight excluding hydrogens is 302 g/mol. The quantitative estimate of drug-likeness (QED) is 0.810. The third kappa shape index (κ3) is 2.94. The van der Waals surface area contributed by atoms with Crippen LogP contribution >= 0.6 is 23.4 Å². The highest BCUT2D eigenvalue weighted by atomic mass is 35.5. The Morgan fingerprint density at radius 1 is 1.24 bits per heavy atom. The summed E-state index contributed by atoms with van der Waals surface area (Å²) in [4.78, 5) is 14.8. The summed E-state index contributed by atoms with van der Waals surface area (Å²) in [6.07, 6.45) is 0. The molecule has 0 aromatic heterocycles. The van der Waals surface area contributed by atoms with E-state index in [4.69, 9.17) is 11.6 Å². The molecule has 108 valence electrons. The maximum absolute atomic E-state index is 12.8. The van der Waals surface area contributed by atoms with Gasteiger partial charge < -0.3 is 4.90 Å². The zero-order chi connectivity index (χ0) is 14.8. The number of benzene rings is 2. The van der Waals surface area contributed by atoms with Crippen LogP contribution in [-0.4, -0.2) is 23.1 Å². The number of nitrogens with zero attached hydrogens (tertiary/aromatic N) is 1.